The second kappa shape index (κ2) is 5.56. The van der Waals surface area contributed by atoms with Crippen LogP contribution in [0.3, 0.4) is 0 Å². The molecule has 1 fully saturated rings. The molecular weight excluding hydrogens is 236 g/mol. The van der Waals surface area contributed by atoms with E-state index in [1.165, 1.54) is 25.9 Å². The second-order valence-electron chi connectivity index (χ2n) is 4.54. The Labute approximate surface area is 107 Å². The molecule has 17 heavy (non-hydrogen) atoms. The Morgan fingerprint density at radius 2 is 2.18 bits per heavy atom. The van der Waals surface area contributed by atoms with E-state index in [9.17, 15) is 0 Å². The molecule has 1 aromatic rings. The van der Waals surface area contributed by atoms with E-state index in [2.05, 4.69) is 14.8 Å². The van der Waals surface area contributed by atoms with E-state index < -0.39 is 0 Å². The SMILES string of the molecule is CN(CCN1CCCC1)c1ncc(Cl)cc1N. The first kappa shape index (κ1) is 12.5. The van der Waals surface area contributed by atoms with Crippen molar-refractivity contribution in [3.8, 4) is 0 Å². The van der Waals surface area contributed by atoms with Crippen LogP contribution >= 0.6 is 11.6 Å². The van der Waals surface area contributed by atoms with Gasteiger partial charge in [0.05, 0.1) is 10.7 Å². The maximum absolute atomic E-state index is 5.90. The van der Waals surface area contributed by atoms with E-state index in [1.54, 1.807) is 12.3 Å². The number of aromatic nitrogens is 1. The summed E-state index contributed by atoms with van der Waals surface area (Å²) in [5.74, 6) is 0.814. The molecular formula is C12H19ClN4. The van der Waals surface area contributed by atoms with Crippen LogP contribution in [0, 0.1) is 0 Å². The van der Waals surface area contributed by atoms with Gasteiger partial charge in [-0.05, 0) is 32.0 Å². The third-order valence-electron chi connectivity index (χ3n) is 3.17. The highest BCUT2D eigenvalue weighted by molar-refractivity contribution is 6.30. The Bertz CT molecular complexity index is 377. The average Bonchev–Trinajstić information content (AvgIpc) is 2.78. The van der Waals surface area contributed by atoms with E-state index in [0.717, 1.165) is 18.9 Å². The summed E-state index contributed by atoms with van der Waals surface area (Å²) >= 11 is 5.83. The first-order valence-corrected chi connectivity index (χ1v) is 6.39. The molecule has 2 N–H and O–H groups in total. The van der Waals surface area contributed by atoms with Gasteiger partial charge in [0.25, 0.3) is 0 Å². The van der Waals surface area contributed by atoms with Gasteiger partial charge in [-0.15, -0.1) is 0 Å². The predicted molar refractivity (Wildman–Crippen MR) is 72.6 cm³/mol. The normalized spacial score (nSPS) is 16.4. The number of nitrogens with two attached hydrogens (primary N) is 1. The van der Waals surface area contributed by atoms with Gasteiger partial charge in [-0.1, -0.05) is 11.6 Å². The highest BCUT2D eigenvalue weighted by atomic mass is 35.5. The van der Waals surface area contributed by atoms with Crippen LogP contribution in [0.25, 0.3) is 0 Å². The van der Waals surface area contributed by atoms with Gasteiger partial charge in [-0.2, -0.15) is 0 Å². The third-order valence-corrected chi connectivity index (χ3v) is 3.38. The number of halogens is 1. The number of likely N-dealkylation sites (N-methyl/N-ethyl adjacent to an activating group) is 1. The molecule has 0 aromatic carbocycles. The van der Waals surface area contributed by atoms with Gasteiger partial charge in [0.2, 0.25) is 0 Å². The molecule has 1 saturated heterocycles. The van der Waals surface area contributed by atoms with Crippen LogP contribution in [-0.2, 0) is 0 Å². The van der Waals surface area contributed by atoms with Crippen LogP contribution < -0.4 is 10.6 Å². The van der Waals surface area contributed by atoms with Gasteiger partial charge >= 0.3 is 0 Å². The third kappa shape index (κ3) is 3.23. The summed E-state index contributed by atoms with van der Waals surface area (Å²) in [7, 11) is 2.02. The highest BCUT2D eigenvalue weighted by Crippen LogP contribution is 2.22. The van der Waals surface area contributed by atoms with Gasteiger partial charge in [0.15, 0.2) is 5.82 Å². The summed E-state index contributed by atoms with van der Waals surface area (Å²) in [6, 6.07) is 1.75. The first-order valence-electron chi connectivity index (χ1n) is 6.01. The second-order valence-corrected chi connectivity index (χ2v) is 4.97. The maximum Gasteiger partial charge on any atom is 0.151 e. The van der Waals surface area contributed by atoms with Crippen molar-refractivity contribution < 1.29 is 0 Å². The van der Waals surface area contributed by atoms with Crippen molar-refractivity contribution in [2.45, 2.75) is 12.8 Å². The molecule has 0 aliphatic carbocycles. The molecule has 2 rings (SSSR count). The Balaban J connectivity index is 1.91. The molecule has 0 radical (unpaired) electrons. The van der Waals surface area contributed by atoms with Gasteiger partial charge in [0.1, 0.15) is 0 Å². The minimum atomic E-state index is 0.583. The fourth-order valence-corrected chi connectivity index (χ4v) is 2.34. The lowest BCUT2D eigenvalue weighted by Crippen LogP contribution is -2.32. The monoisotopic (exact) mass is 254 g/mol. The molecule has 0 amide bonds. The van der Waals surface area contributed by atoms with Crippen LogP contribution in [0.1, 0.15) is 12.8 Å². The van der Waals surface area contributed by atoms with E-state index in [1.807, 2.05) is 7.05 Å². The number of likely N-dealkylation sites (tertiary alicyclic amines) is 1. The summed E-state index contributed by atoms with van der Waals surface area (Å²) in [6.07, 6.45) is 4.29. The first-order chi connectivity index (χ1) is 8.16. The molecule has 0 spiro atoms. The van der Waals surface area contributed by atoms with Crippen molar-refractivity contribution >= 4 is 23.1 Å². The predicted octanol–water partition coefficient (Wildman–Crippen LogP) is 1.85. The van der Waals surface area contributed by atoms with Crippen LogP contribution in [0.5, 0.6) is 0 Å². The van der Waals surface area contributed by atoms with Gasteiger partial charge in [-0.25, -0.2) is 4.98 Å². The van der Waals surface area contributed by atoms with Gasteiger partial charge in [0, 0.05) is 26.3 Å². The molecule has 1 aromatic heterocycles. The van der Waals surface area contributed by atoms with E-state index in [4.69, 9.17) is 17.3 Å². The van der Waals surface area contributed by atoms with Crippen LogP contribution in [0.4, 0.5) is 11.5 Å². The molecule has 0 unspecified atom stereocenters. The van der Waals surface area contributed by atoms with Gasteiger partial charge in [-0.3, -0.25) is 0 Å². The van der Waals surface area contributed by atoms with Crippen LogP contribution in [0.15, 0.2) is 12.3 Å². The number of nitrogen functional groups attached to an aromatic ring is 1. The molecule has 94 valence electrons. The summed E-state index contributed by atoms with van der Waals surface area (Å²) in [6.45, 7) is 4.45. The molecule has 5 heteroatoms. The molecule has 0 bridgehead atoms. The molecule has 0 atom stereocenters. The zero-order chi connectivity index (χ0) is 12.3. The van der Waals surface area contributed by atoms with E-state index in [-0.39, 0.29) is 0 Å². The topological polar surface area (TPSA) is 45.4 Å². The molecule has 4 nitrogen and oxygen atoms in total. The molecule has 0 saturated carbocycles. The van der Waals surface area contributed by atoms with Crippen LogP contribution in [-0.4, -0.2) is 43.1 Å². The van der Waals surface area contributed by atoms with Crippen molar-refractivity contribution in [1.82, 2.24) is 9.88 Å². The Morgan fingerprint density at radius 1 is 1.47 bits per heavy atom. The van der Waals surface area contributed by atoms with Gasteiger partial charge < -0.3 is 15.5 Å². The summed E-state index contributed by atoms with van der Waals surface area (Å²) in [5.41, 5.74) is 6.54. The molecule has 2 heterocycles. The number of nitrogens with zero attached hydrogens (tertiary/aromatic N) is 3. The average molecular weight is 255 g/mol. The quantitative estimate of drug-likeness (QED) is 0.891. The molecule has 1 aliphatic rings. The number of anilines is 2. The molecule has 1 aliphatic heterocycles. The standard InChI is InChI=1S/C12H19ClN4/c1-16(6-7-17-4-2-3-5-17)12-11(14)8-10(13)9-15-12/h8-9H,2-7,14H2,1H3. The zero-order valence-corrected chi connectivity index (χ0v) is 11.0. The maximum atomic E-state index is 5.90. The number of hydrogen-bond acceptors (Lipinski definition) is 4. The summed E-state index contributed by atoms with van der Waals surface area (Å²) in [4.78, 5) is 8.84. The highest BCUT2D eigenvalue weighted by Gasteiger charge is 2.13. The van der Waals surface area contributed by atoms with Crippen molar-refractivity contribution in [3.63, 3.8) is 0 Å². The van der Waals surface area contributed by atoms with E-state index >= 15 is 0 Å². The fourth-order valence-electron chi connectivity index (χ4n) is 2.17. The van der Waals surface area contributed by atoms with Crippen molar-refractivity contribution in [1.29, 1.82) is 0 Å². The lowest BCUT2D eigenvalue weighted by molar-refractivity contribution is 0.346. The van der Waals surface area contributed by atoms with E-state index in [0.29, 0.717) is 10.7 Å². The fraction of sp³-hybridized carbons (Fsp3) is 0.583. The Morgan fingerprint density at radius 3 is 2.82 bits per heavy atom. The lowest BCUT2D eigenvalue weighted by Gasteiger charge is -2.23. The largest absolute Gasteiger partial charge is 0.396 e. The van der Waals surface area contributed by atoms with Crippen molar-refractivity contribution in [2.75, 3.05) is 43.9 Å². The minimum Gasteiger partial charge on any atom is -0.396 e. The minimum absolute atomic E-state index is 0.583. The number of pyridine rings is 1. The smallest absolute Gasteiger partial charge is 0.151 e. The summed E-state index contributed by atoms with van der Waals surface area (Å²) < 4.78 is 0. The summed E-state index contributed by atoms with van der Waals surface area (Å²) in [5, 5.41) is 0.583. The number of hydrogen-bond donors (Lipinski definition) is 1. The number of rotatable bonds is 4. The zero-order valence-electron chi connectivity index (χ0n) is 10.2. The van der Waals surface area contributed by atoms with Crippen molar-refractivity contribution in [2.24, 2.45) is 0 Å². The Hall–Kier alpha value is -1.00. The lowest BCUT2D eigenvalue weighted by atomic mass is 10.3. The van der Waals surface area contributed by atoms with Crippen LogP contribution in [0.2, 0.25) is 5.02 Å². The van der Waals surface area contributed by atoms with Crippen molar-refractivity contribution in [3.05, 3.63) is 17.3 Å². The Kier molecular flexibility index (Phi) is 4.07.